The Bertz CT molecular complexity index is 391. The van der Waals surface area contributed by atoms with Gasteiger partial charge in [0, 0.05) is 13.1 Å². The highest BCUT2D eigenvalue weighted by Gasteiger charge is 2.31. The maximum absolute atomic E-state index is 11.8. The quantitative estimate of drug-likeness (QED) is 0.884. The van der Waals surface area contributed by atoms with Crippen molar-refractivity contribution in [1.29, 1.82) is 0 Å². The zero-order valence-electron chi connectivity index (χ0n) is 10.3. The van der Waals surface area contributed by atoms with Crippen molar-refractivity contribution < 1.29 is 4.79 Å². The first-order chi connectivity index (χ1) is 8.22. The molecular formula is C13H18N2OS. The van der Waals surface area contributed by atoms with Crippen LogP contribution in [0.3, 0.4) is 0 Å². The summed E-state index contributed by atoms with van der Waals surface area (Å²) in [6, 6.07) is 8.46. The highest BCUT2D eigenvalue weighted by molar-refractivity contribution is 8.00. The molecule has 1 saturated heterocycles. The average molecular weight is 250 g/mol. The van der Waals surface area contributed by atoms with Crippen LogP contribution in [0.15, 0.2) is 24.3 Å². The normalized spacial score (nSPS) is 20.0. The van der Waals surface area contributed by atoms with Gasteiger partial charge < -0.3 is 10.2 Å². The molecule has 1 aromatic carbocycles. The first-order valence-corrected chi connectivity index (χ1v) is 6.89. The van der Waals surface area contributed by atoms with Crippen LogP contribution in [0.25, 0.3) is 0 Å². The largest absolute Gasteiger partial charge is 0.325 e. The van der Waals surface area contributed by atoms with E-state index in [0.717, 1.165) is 13.1 Å². The molecular weight excluding hydrogens is 232 g/mol. The van der Waals surface area contributed by atoms with Crippen LogP contribution in [-0.2, 0) is 4.79 Å². The molecule has 1 unspecified atom stereocenters. The number of amides is 1. The molecule has 1 aliphatic rings. The molecule has 0 aromatic heterocycles. The van der Waals surface area contributed by atoms with E-state index < -0.39 is 0 Å². The number of aryl methyl sites for hydroxylation is 1. The number of carbonyl (C=O) groups excluding carboxylic acids is 1. The number of hydrogen-bond donors (Lipinski definition) is 1. The number of benzene rings is 1. The van der Waals surface area contributed by atoms with Crippen molar-refractivity contribution in [2.75, 3.05) is 25.9 Å². The van der Waals surface area contributed by atoms with Crippen molar-refractivity contribution in [3.05, 3.63) is 35.4 Å². The molecule has 0 saturated carbocycles. The van der Waals surface area contributed by atoms with Gasteiger partial charge in [-0.2, -0.15) is 0 Å². The zero-order valence-corrected chi connectivity index (χ0v) is 11.1. The summed E-state index contributed by atoms with van der Waals surface area (Å²) in [6.07, 6.45) is 0. The van der Waals surface area contributed by atoms with Crippen molar-refractivity contribution in [2.45, 2.75) is 12.3 Å². The lowest BCUT2D eigenvalue weighted by atomic mass is 10.1. The van der Waals surface area contributed by atoms with E-state index in [4.69, 9.17) is 0 Å². The third kappa shape index (κ3) is 2.82. The SMILES string of the molecule is CNCCN1C(=O)CSC1c1ccc(C)cc1. The minimum Gasteiger partial charge on any atom is -0.325 e. The van der Waals surface area contributed by atoms with Gasteiger partial charge in [0.1, 0.15) is 5.37 Å². The van der Waals surface area contributed by atoms with Gasteiger partial charge in [-0.05, 0) is 19.5 Å². The number of thioether (sulfide) groups is 1. The smallest absolute Gasteiger partial charge is 0.233 e. The molecule has 1 amide bonds. The third-order valence-corrected chi connectivity index (χ3v) is 4.19. The molecule has 1 heterocycles. The molecule has 3 nitrogen and oxygen atoms in total. The topological polar surface area (TPSA) is 32.3 Å². The average Bonchev–Trinajstić information content (AvgIpc) is 2.69. The number of likely N-dealkylation sites (N-methyl/N-ethyl adjacent to an activating group) is 1. The summed E-state index contributed by atoms with van der Waals surface area (Å²) in [5.41, 5.74) is 2.48. The Balaban J connectivity index is 2.13. The predicted octanol–water partition coefficient (Wildman–Crippen LogP) is 1.79. The minimum atomic E-state index is 0.191. The molecule has 1 fully saturated rings. The second-order valence-corrected chi connectivity index (χ2v) is 5.33. The van der Waals surface area contributed by atoms with Crippen molar-refractivity contribution in [1.82, 2.24) is 10.2 Å². The molecule has 0 bridgehead atoms. The van der Waals surface area contributed by atoms with E-state index in [1.165, 1.54) is 11.1 Å². The summed E-state index contributed by atoms with van der Waals surface area (Å²) >= 11 is 1.72. The summed E-state index contributed by atoms with van der Waals surface area (Å²) in [5, 5.41) is 3.28. The third-order valence-electron chi connectivity index (χ3n) is 2.93. The molecule has 0 aliphatic carbocycles. The Morgan fingerprint density at radius 3 is 2.76 bits per heavy atom. The fourth-order valence-corrected chi connectivity index (χ4v) is 3.15. The molecule has 0 spiro atoms. The Morgan fingerprint density at radius 2 is 2.12 bits per heavy atom. The molecule has 1 N–H and O–H groups in total. The summed E-state index contributed by atoms with van der Waals surface area (Å²) in [4.78, 5) is 13.8. The van der Waals surface area contributed by atoms with Crippen LogP contribution in [-0.4, -0.2) is 36.7 Å². The lowest BCUT2D eigenvalue weighted by Gasteiger charge is -2.24. The summed E-state index contributed by atoms with van der Waals surface area (Å²) < 4.78 is 0. The van der Waals surface area contributed by atoms with Crippen LogP contribution >= 0.6 is 11.8 Å². The fraction of sp³-hybridized carbons (Fsp3) is 0.462. The minimum absolute atomic E-state index is 0.191. The van der Waals surface area contributed by atoms with Crippen LogP contribution < -0.4 is 5.32 Å². The van der Waals surface area contributed by atoms with Crippen molar-refractivity contribution in [2.24, 2.45) is 0 Å². The van der Waals surface area contributed by atoms with E-state index >= 15 is 0 Å². The Hall–Kier alpha value is -1.00. The number of hydrogen-bond acceptors (Lipinski definition) is 3. The van der Waals surface area contributed by atoms with Crippen LogP contribution in [0.1, 0.15) is 16.5 Å². The van der Waals surface area contributed by atoms with Gasteiger partial charge in [-0.3, -0.25) is 4.79 Å². The molecule has 0 radical (unpaired) electrons. The highest BCUT2D eigenvalue weighted by Crippen LogP contribution is 2.38. The van der Waals surface area contributed by atoms with Gasteiger partial charge in [-0.15, -0.1) is 11.8 Å². The van der Waals surface area contributed by atoms with E-state index in [1.54, 1.807) is 11.8 Å². The van der Waals surface area contributed by atoms with Gasteiger partial charge in [0.05, 0.1) is 5.75 Å². The second-order valence-electron chi connectivity index (χ2n) is 4.26. The van der Waals surface area contributed by atoms with Crippen molar-refractivity contribution in [3.63, 3.8) is 0 Å². The Morgan fingerprint density at radius 1 is 1.41 bits per heavy atom. The molecule has 1 aromatic rings. The molecule has 1 aliphatic heterocycles. The van der Waals surface area contributed by atoms with Gasteiger partial charge in [0.2, 0.25) is 5.91 Å². The van der Waals surface area contributed by atoms with E-state index in [2.05, 4.69) is 36.5 Å². The van der Waals surface area contributed by atoms with Crippen LogP contribution in [0, 0.1) is 6.92 Å². The lowest BCUT2D eigenvalue weighted by molar-refractivity contribution is -0.127. The van der Waals surface area contributed by atoms with E-state index in [1.807, 2.05) is 11.9 Å². The molecule has 4 heteroatoms. The highest BCUT2D eigenvalue weighted by atomic mass is 32.2. The van der Waals surface area contributed by atoms with E-state index in [9.17, 15) is 4.79 Å². The van der Waals surface area contributed by atoms with Gasteiger partial charge in [-0.25, -0.2) is 0 Å². The van der Waals surface area contributed by atoms with Crippen LogP contribution in [0.4, 0.5) is 0 Å². The first-order valence-electron chi connectivity index (χ1n) is 5.84. The predicted molar refractivity (Wildman–Crippen MR) is 72.0 cm³/mol. The summed E-state index contributed by atoms with van der Waals surface area (Å²) in [5.74, 6) is 0.846. The lowest BCUT2D eigenvalue weighted by Crippen LogP contribution is -2.34. The molecule has 2 rings (SSSR count). The second kappa shape index (κ2) is 5.56. The Labute approximate surface area is 107 Å². The van der Waals surface area contributed by atoms with Crippen LogP contribution in [0.5, 0.6) is 0 Å². The van der Waals surface area contributed by atoms with Gasteiger partial charge >= 0.3 is 0 Å². The number of nitrogens with zero attached hydrogens (tertiary/aromatic N) is 1. The van der Waals surface area contributed by atoms with E-state index in [0.29, 0.717) is 5.75 Å². The van der Waals surface area contributed by atoms with Gasteiger partial charge in [0.25, 0.3) is 0 Å². The Kier molecular flexibility index (Phi) is 4.07. The maximum atomic E-state index is 11.8. The number of nitrogens with one attached hydrogen (secondary N) is 1. The molecule has 1 atom stereocenters. The van der Waals surface area contributed by atoms with Crippen molar-refractivity contribution >= 4 is 17.7 Å². The number of carbonyl (C=O) groups is 1. The molecule has 17 heavy (non-hydrogen) atoms. The van der Waals surface area contributed by atoms with Gasteiger partial charge in [0.15, 0.2) is 0 Å². The monoisotopic (exact) mass is 250 g/mol. The number of rotatable bonds is 4. The zero-order chi connectivity index (χ0) is 12.3. The first kappa shape index (κ1) is 12.5. The standard InChI is InChI=1S/C13H18N2OS/c1-10-3-5-11(6-4-10)13-15(8-7-14-2)12(16)9-17-13/h3-6,13-14H,7-9H2,1-2H3. The van der Waals surface area contributed by atoms with Crippen LogP contribution in [0.2, 0.25) is 0 Å². The summed E-state index contributed by atoms with van der Waals surface area (Å²) in [7, 11) is 1.91. The van der Waals surface area contributed by atoms with Crippen molar-refractivity contribution in [3.8, 4) is 0 Å². The maximum Gasteiger partial charge on any atom is 0.233 e. The summed E-state index contributed by atoms with van der Waals surface area (Å²) in [6.45, 7) is 3.70. The fourth-order valence-electron chi connectivity index (χ4n) is 1.94. The molecule has 92 valence electrons. The van der Waals surface area contributed by atoms with Gasteiger partial charge in [-0.1, -0.05) is 29.8 Å². The van der Waals surface area contributed by atoms with E-state index in [-0.39, 0.29) is 11.3 Å².